The van der Waals surface area contributed by atoms with Gasteiger partial charge in [0.2, 0.25) is 5.91 Å². The lowest BCUT2D eigenvalue weighted by atomic mass is 9.81. The van der Waals surface area contributed by atoms with Gasteiger partial charge < -0.3 is 25.6 Å². The molecule has 45 heavy (non-hydrogen) atoms. The largest absolute Gasteiger partial charge is 0.494 e. The highest BCUT2D eigenvalue weighted by Gasteiger charge is 2.50. The lowest BCUT2D eigenvalue weighted by Gasteiger charge is -2.30. The molecule has 1 unspecified atom stereocenters. The molecule has 234 valence electrons. The molecule has 3 aliphatic rings. The van der Waals surface area contributed by atoms with Crippen molar-refractivity contribution in [2.75, 3.05) is 20.3 Å². The van der Waals surface area contributed by atoms with Gasteiger partial charge in [0, 0.05) is 28.3 Å². The van der Waals surface area contributed by atoms with Crippen LogP contribution in [0.2, 0.25) is 5.02 Å². The number of aromatic nitrogens is 3. The monoisotopic (exact) mass is 637 g/mol. The fraction of sp³-hybridized carbons (Fsp3) is 0.375. The third kappa shape index (κ3) is 4.78. The summed E-state index contributed by atoms with van der Waals surface area (Å²) >= 11 is 6.23. The van der Waals surface area contributed by atoms with Gasteiger partial charge in [0.05, 0.1) is 30.4 Å². The van der Waals surface area contributed by atoms with E-state index in [1.165, 1.54) is 19.2 Å². The first-order chi connectivity index (χ1) is 21.4. The van der Waals surface area contributed by atoms with Gasteiger partial charge in [-0.1, -0.05) is 11.6 Å². The predicted molar refractivity (Wildman–Crippen MR) is 160 cm³/mol. The summed E-state index contributed by atoms with van der Waals surface area (Å²) in [7, 11) is 1.51. The van der Waals surface area contributed by atoms with Crippen molar-refractivity contribution in [2.24, 2.45) is 11.7 Å². The molecule has 0 saturated heterocycles. The Bertz CT molecular complexity index is 1910. The Morgan fingerprint density at radius 3 is 2.67 bits per heavy atom. The summed E-state index contributed by atoms with van der Waals surface area (Å²) in [5.74, 6) is -3.26. The standard InChI is InChI=1S/C32H30ClF2N5O5/c1-31(30(36)42)14-45-28-20(31)11-23(38-27(28)19-7-8-21(34)25(35)24(19)33)32(43,17-3-4-17)13-37-29(41)15-9-16-12-40(18-5-6-18)39-26(16)22(10-15)44-2/h7-12,17-18,43H,3-6,13-14H2,1-2H3,(H2,36,42)(H,37,41)/t31-,32?/m0/s1. The zero-order valence-electron chi connectivity index (χ0n) is 24.5. The molecular weight excluding hydrogens is 608 g/mol. The van der Waals surface area contributed by atoms with E-state index in [2.05, 4.69) is 15.4 Å². The number of nitrogens with two attached hydrogens (primary N) is 1. The number of amides is 2. The van der Waals surface area contributed by atoms with Crippen LogP contribution in [-0.2, 0) is 15.8 Å². The normalized spacial score (nSPS) is 20.4. The number of methoxy groups -OCH3 is 1. The van der Waals surface area contributed by atoms with Gasteiger partial charge in [-0.3, -0.25) is 14.3 Å². The Hall–Kier alpha value is -4.29. The number of pyridine rings is 1. The second-order valence-electron chi connectivity index (χ2n) is 12.3. The first-order valence-electron chi connectivity index (χ1n) is 14.6. The van der Waals surface area contributed by atoms with Crippen LogP contribution in [0.3, 0.4) is 0 Å². The summed E-state index contributed by atoms with van der Waals surface area (Å²) in [6.45, 7) is 1.23. The molecule has 2 aromatic heterocycles. The van der Waals surface area contributed by atoms with Gasteiger partial charge in [0.15, 0.2) is 11.6 Å². The van der Waals surface area contributed by atoms with Crippen molar-refractivity contribution in [3.8, 4) is 22.8 Å². The number of nitrogens with one attached hydrogen (secondary N) is 1. The number of nitrogens with zero attached hydrogens (tertiary/aromatic N) is 3. The molecule has 3 heterocycles. The van der Waals surface area contributed by atoms with Gasteiger partial charge in [0.25, 0.3) is 5.91 Å². The molecular formula is C32H30ClF2N5O5. The van der Waals surface area contributed by atoms with Crippen LogP contribution in [0.25, 0.3) is 22.2 Å². The summed E-state index contributed by atoms with van der Waals surface area (Å²) in [6, 6.07) is 7.37. The number of hydrogen-bond donors (Lipinski definition) is 3. The molecule has 4 aromatic rings. The average molecular weight is 638 g/mol. The van der Waals surface area contributed by atoms with Crippen LogP contribution in [0, 0.1) is 17.6 Å². The number of fused-ring (bicyclic) bond motifs is 2. The van der Waals surface area contributed by atoms with Crippen molar-refractivity contribution in [3.63, 3.8) is 0 Å². The molecule has 0 bridgehead atoms. The van der Waals surface area contributed by atoms with Crippen molar-refractivity contribution in [1.82, 2.24) is 20.1 Å². The van der Waals surface area contributed by atoms with Crippen molar-refractivity contribution < 1.29 is 33.0 Å². The van der Waals surface area contributed by atoms with Crippen LogP contribution in [0.1, 0.15) is 60.3 Å². The molecule has 2 saturated carbocycles. The van der Waals surface area contributed by atoms with Gasteiger partial charge in [0.1, 0.15) is 40.3 Å². The van der Waals surface area contributed by atoms with Crippen molar-refractivity contribution in [2.45, 2.75) is 49.7 Å². The summed E-state index contributed by atoms with van der Waals surface area (Å²) in [5.41, 5.74) is 4.20. The van der Waals surface area contributed by atoms with E-state index in [0.717, 1.165) is 24.3 Å². The molecule has 2 atom stereocenters. The predicted octanol–water partition coefficient (Wildman–Crippen LogP) is 4.54. The molecule has 1 aliphatic heterocycles. The molecule has 4 N–H and O–H groups in total. The first-order valence-corrected chi connectivity index (χ1v) is 15.0. The Labute approximate surface area is 261 Å². The minimum Gasteiger partial charge on any atom is -0.494 e. The number of primary amides is 1. The van der Waals surface area contributed by atoms with E-state index < -0.39 is 39.5 Å². The molecule has 2 fully saturated rings. The lowest BCUT2D eigenvalue weighted by molar-refractivity contribution is -0.123. The van der Waals surface area contributed by atoms with E-state index >= 15 is 0 Å². The van der Waals surface area contributed by atoms with E-state index in [9.17, 15) is 23.5 Å². The molecule has 2 aromatic carbocycles. The van der Waals surface area contributed by atoms with Crippen molar-refractivity contribution in [1.29, 1.82) is 0 Å². The zero-order valence-corrected chi connectivity index (χ0v) is 25.3. The fourth-order valence-corrected chi connectivity index (χ4v) is 6.20. The summed E-state index contributed by atoms with van der Waals surface area (Å²) in [5, 5.41) is 19.9. The van der Waals surface area contributed by atoms with E-state index in [-0.39, 0.29) is 41.8 Å². The minimum atomic E-state index is -1.70. The lowest BCUT2D eigenvalue weighted by Crippen LogP contribution is -2.44. The number of ether oxygens (including phenoxy) is 2. The molecule has 10 nitrogen and oxygen atoms in total. The Morgan fingerprint density at radius 2 is 2.00 bits per heavy atom. The van der Waals surface area contributed by atoms with Crippen LogP contribution in [0.4, 0.5) is 8.78 Å². The van der Waals surface area contributed by atoms with Gasteiger partial charge in [-0.2, -0.15) is 5.10 Å². The number of carbonyl (C=O) groups is 2. The Balaban J connectivity index is 1.27. The van der Waals surface area contributed by atoms with Crippen LogP contribution in [-0.4, -0.2) is 51.9 Å². The fourth-order valence-electron chi connectivity index (χ4n) is 5.96. The van der Waals surface area contributed by atoms with Crippen LogP contribution < -0.4 is 20.5 Å². The SMILES string of the molecule is COc1cc(C(=O)NCC(O)(c2cc3c(c(-c4ccc(F)c(F)c4Cl)n2)OC[C@]3(C)C(N)=O)C2CC2)cc2cn(C3CC3)nc12. The van der Waals surface area contributed by atoms with Crippen molar-refractivity contribution >= 4 is 34.3 Å². The van der Waals surface area contributed by atoms with Gasteiger partial charge >= 0.3 is 0 Å². The Morgan fingerprint density at radius 1 is 1.24 bits per heavy atom. The molecule has 2 aliphatic carbocycles. The number of benzene rings is 2. The highest BCUT2D eigenvalue weighted by molar-refractivity contribution is 6.33. The maximum atomic E-state index is 14.6. The first kappa shape index (κ1) is 29.4. The number of carbonyl (C=O) groups excluding carboxylic acids is 2. The third-order valence-electron chi connectivity index (χ3n) is 9.12. The summed E-state index contributed by atoms with van der Waals surface area (Å²) in [6.07, 6.45) is 5.29. The molecule has 7 rings (SSSR count). The van der Waals surface area contributed by atoms with E-state index in [4.69, 9.17) is 26.8 Å². The van der Waals surface area contributed by atoms with Gasteiger partial charge in [-0.05, 0) is 68.9 Å². The van der Waals surface area contributed by atoms with Gasteiger partial charge in [-0.25, -0.2) is 13.8 Å². The highest BCUT2D eigenvalue weighted by atomic mass is 35.5. The molecule has 0 radical (unpaired) electrons. The molecule has 0 spiro atoms. The Kier molecular flexibility index (Phi) is 6.79. The number of halogens is 3. The second-order valence-corrected chi connectivity index (χ2v) is 12.7. The maximum absolute atomic E-state index is 14.6. The van der Waals surface area contributed by atoms with Crippen LogP contribution >= 0.6 is 11.6 Å². The zero-order chi connectivity index (χ0) is 31.8. The van der Waals surface area contributed by atoms with Crippen LogP contribution in [0.15, 0.2) is 36.5 Å². The number of rotatable bonds is 9. The molecule has 13 heteroatoms. The third-order valence-corrected chi connectivity index (χ3v) is 9.49. The summed E-state index contributed by atoms with van der Waals surface area (Å²) in [4.78, 5) is 30.8. The topological polar surface area (TPSA) is 142 Å². The van der Waals surface area contributed by atoms with E-state index in [1.54, 1.807) is 19.1 Å². The highest BCUT2D eigenvalue weighted by Crippen LogP contribution is 2.51. The second kappa shape index (κ2) is 10.4. The minimum absolute atomic E-state index is 0.0108. The summed E-state index contributed by atoms with van der Waals surface area (Å²) < 4.78 is 41.8. The number of hydrogen-bond acceptors (Lipinski definition) is 7. The smallest absolute Gasteiger partial charge is 0.251 e. The van der Waals surface area contributed by atoms with Crippen LogP contribution in [0.5, 0.6) is 11.5 Å². The average Bonchev–Trinajstić information content (AvgIpc) is 3.97. The van der Waals surface area contributed by atoms with Gasteiger partial charge in [-0.15, -0.1) is 0 Å². The number of aliphatic hydroxyl groups is 1. The van der Waals surface area contributed by atoms with E-state index in [1.807, 2.05) is 10.9 Å². The quantitative estimate of drug-likeness (QED) is 0.229. The molecule has 2 amide bonds. The van der Waals surface area contributed by atoms with E-state index in [0.29, 0.717) is 41.3 Å². The maximum Gasteiger partial charge on any atom is 0.251 e. The van der Waals surface area contributed by atoms with Crippen molar-refractivity contribution in [3.05, 3.63) is 70.0 Å².